The highest BCUT2D eigenvalue weighted by Gasteiger charge is 2.24. The number of esters is 1. The second-order valence-corrected chi connectivity index (χ2v) is 5.91. The zero-order chi connectivity index (χ0) is 19.2. The molecule has 0 radical (unpaired) electrons. The first-order valence-electron chi connectivity index (χ1n) is 8.42. The fourth-order valence-electron chi connectivity index (χ4n) is 2.66. The van der Waals surface area contributed by atoms with Crippen LogP contribution in [0.4, 0.5) is 5.69 Å². The van der Waals surface area contributed by atoms with Crippen molar-refractivity contribution >= 4 is 11.7 Å². The molecule has 0 N–H and O–H groups in total. The van der Waals surface area contributed by atoms with E-state index in [1.54, 1.807) is 37.4 Å². The third kappa shape index (κ3) is 4.81. The van der Waals surface area contributed by atoms with Gasteiger partial charge in [-0.3, -0.25) is 14.9 Å². The topological polar surface area (TPSA) is 97.1 Å². The molecule has 0 bridgehead atoms. The van der Waals surface area contributed by atoms with Crippen LogP contribution in [0, 0.1) is 10.1 Å². The largest absolute Gasteiger partial charge is 0.497 e. The van der Waals surface area contributed by atoms with Crippen molar-refractivity contribution in [3.63, 3.8) is 0 Å². The lowest BCUT2D eigenvalue weighted by Gasteiger charge is -2.23. The third-order valence-electron chi connectivity index (χ3n) is 4.01. The lowest BCUT2D eigenvalue weighted by Crippen LogP contribution is -2.18. The highest BCUT2D eigenvalue weighted by molar-refractivity contribution is 5.76. The maximum Gasteiger partial charge on any atom is 0.315 e. The van der Waals surface area contributed by atoms with E-state index in [9.17, 15) is 14.9 Å². The van der Waals surface area contributed by atoms with Gasteiger partial charge in [0.05, 0.1) is 31.7 Å². The molecule has 2 aromatic rings. The molecule has 0 atom stereocenters. The van der Waals surface area contributed by atoms with Crippen LogP contribution in [0.5, 0.6) is 11.5 Å². The van der Waals surface area contributed by atoms with Crippen LogP contribution in [0.15, 0.2) is 42.5 Å². The predicted molar refractivity (Wildman–Crippen MR) is 94.7 cm³/mol. The summed E-state index contributed by atoms with van der Waals surface area (Å²) in [5, 5.41) is 11.4. The molecule has 8 heteroatoms. The second kappa shape index (κ2) is 8.61. The molecule has 1 fully saturated rings. The van der Waals surface area contributed by atoms with Crippen molar-refractivity contribution in [3.05, 3.63) is 63.7 Å². The fraction of sp³-hybridized carbons (Fsp3) is 0.316. The summed E-state index contributed by atoms with van der Waals surface area (Å²) in [4.78, 5) is 23.0. The first kappa shape index (κ1) is 18.8. The Bertz CT molecular complexity index is 813. The van der Waals surface area contributed by atoms with Gasteiger partial charge in [0.2, 0.25) is 5.75 Å². The van der Waals surface area contributed by atoms with Gasteiger partial charge in [-0.25, -0.2) is 0 Å². The third-order valence-corrected chi connectivity index (χ3v) is 4.01. The van der Waals surface area contributed by atoms with Gasteiger partial charge in [0.15, 0.2) is 6.29 Å². The van der Waals surface area contributed by atoms with Gasteiger partial charge in [0, 0.05) is 11.6 Å². The lowest BCUT2D eigenvalue weighted by atomic mass is 10.1. The minimum Gasteiger partial charge on any atom is -0.497 e. The van der Waals surface area contributed by atoms with Gasteiger partial charge in [-0.2, -0.15) is 0 Å². The summed E-state index contributed by atoms with van der Waals surface area (Å²) in [6, 6.07) is 11.2. The van der Waals surface area contributed by atoms with E-state index < -0.39 is 17.2 Å². The van der Waals surface area contributed by atoms with E-state index in [-0.39, 0.29) is 17.9 Å². The zero-order valence-corrected chi connectivity index (χ0v) is 14.8. The Labute approximate surface area is 155 Å². The quantitative estimate of drug-likeness (QED) is 0.332. The number of nitro groups is 1. The molecular formula is C19H19NO7. The van der Waals surface area contributed by atoms with E-state index in [0.29, 0.717) is 30.1 Å². The molecular weight excluding hydrogens is 354 g/mol. The van der Waals surface area contributed by atoms with Crippen molar-refractivity contribution < 1.29 is 28.7 Å². The number of hydrogen-bond acceptors (Lipinski definition) is 7. The second-order valence-electron chi connectivity index (χ2n) is 5.91. The Kier molecular flexibility index (Phi) is 6.00. The van der Waals surface area contributed by atoms with Gasteiger partial charge >= 0.3 is 11.7 Å². The van der Waals surface area contributed by atoms with Crippen LogP contribution in [0.1, 0.15) is 23.8 Å². The van der Waals surface area contributed by atoms with Gasteiger partial charge in [-0.15, -0.1) is 0 Å². The van der Waals surface area contributed by atoms with Gasteiger partial charge in [0.1, 0.15) is 5.75 Å². The maximum absolute atomic E-state index is 12.2. The number of carbonyl (C=O) groups excluding carboxylic acids is 1. The van der Waals surface area contributed by atoms with Gasteiger partial charge in [-0.1, -0.05) is 12.1 Å². The fourth-order valence-corrected chi connectivity index (χ4v) is 2.66. The summed E-state index contributed by atoms with van der Waals surface area (Å²) < 4.78 is 21.2. The lowest BCUT2D eigenvalue weighted by molar-refractivity contribution is -0.385. The van der Waals surface area contributed by atoms with Crippen molar-refractivity contribution in [2.75, 3.05) is 20.3 Å². The Morgan fingerprint density at radius 3 is 2.52 bits per heavy atom. The molecule has 0 aliphatic carbocycles. The van der Waals surface area contributed by atoms with Crippen molar-refractivity contribution in [3.8, 4) is 11.5 Å². The van der Waals surface area contributed by atoms with Crippen LogP contribution < -0.4 is 9.47 Å². The van der Waals surface area contributed by atoms with Crippen molar-refractivity contribution in [2.24, 2.45) is 0 Å². The number of rotatable bonds is 6. The van der Waals surface area contributed by atoms with Gasteiger partial charge in [0.25, 0.3) is 0 Å². The maximum atomic E-state index is 12.2. The SMILES string of the molecule is COc1ccc(CC(=O)Oc2ccc(C3OCCCO3)cc2[N+](=O)[O-])cc1. The first-order chi connectivity index (χ1) is 13.1. The molecule has 1 heterocycles. The molecule has 2 aromatic carbocycles. The van der Waals surface area contributed by atoms with E-state index in [4.69, 9.17) is 18.9 Å². The van der Waals surface area contributed by atoms with E-state index >= 15 is 0 Å². The van der Waals surface area contributed by atoms with Crippen molar-refractivity contribution in [1.82, 2.24) is 0 Å². The Balaban J connectivity index is 1.72. The molecule has 0 unspecified atom stereocenters. The van der Waals surface area contributed by atoms with Gasteiger partial charge < -0.3 is 18.9 Å². The van der Waals surface area contributed by atoms with Crippen LogP contribution in [-0.2, 0) is 20.7 Å². The summed E-state index contributed by atoms with van der Waals surface area (Å²) in [5.74, 6) is -0.0373. The highest BCUT2D eigenvalue weighted by Crippen LogP contribution is 2.33. The van der Waals surface area contributed by atoms with E-state index in [1.165, 1.54) is 12.1 Å². The number of methoxy groups -OCH3 is 1. The summed E-state index contributed by atoms with van der Waals surface area (Å²) in [6.45, 7) is 1.05. The van der Waals surface area contributed by atoms with E-state index in [0.717, 1.165) is 6.42 Å². The van der Waals surface area contributed by atoms with Crippen LogP contribution in [0.25, 0.3) is 0 Å². The average Bonchev–Trinajstić information content (AvgIpc) is 2.69. The molecule has 0 aromatic heterocycles. The van der Waals surface area contributed by atoms with Gasteiger partial charge in [-0.05, 0) is 36.2 Å². The monoisotopic (exact) mass is 373 g/mol. The normalized spacial score (nSPS) is 14.6. The Morgan fingerprint density at radius 2 is 1.89 bits per heavy atom. The highest BCUT2D eigenvalue weighted by atomic mass is 16.7. The van der Waals surface area contributed by atoms with Crippen LogP contribution >= 0.6 is 0 Å². The van der Waals surface area contributed by atoms with Crippen molar-refractivity contribution in [1.29, 1.82) is 0 Å². The molecule has 0 spiro atoms. The zero-order valence-electron chi connectivity index (χ0n) is 14.8. The molecule has 27 heavy (non-hydrogen) atoms. The average molecular weight is 373 g/mol. The summed E-state index contributed by atoms with van der Waals surface area (Å²) in [5.41, 5.74) is 0.911. The van der Waals surface area contributed by atoms with Crippen LogP contribution in [0.3, 0.4) is 0 Å². The minimum atomic E-state index is -0.651. The molecule has 8 nitrogen and oxygen atoms in total. The standard InChI is InChI=1S/C19H19NO7/c1-24-15-6-3-13(4-7-15)11-18(21)27-17-8-5-14(12-16(17)20(22)23)19-25-9-2-10-26-19/h3-8,12,19H,2,9-11H2,1H3. The van der Waals surface area contributed by atoms with Crippen LogP contribution in [-0.4, -0.2) is 31.2 Å². The smallest absolute Gasteiger partial charge is 0.315 e. The number of nitro benzene ring substituents is 1. The molecule has 142 valence electrons. The Hall–Kier alpha value is -2.97. The number of benzene rings is 2. The summed E-state index contributed by atoms with van der Waals surface area (Å²) >= 11 is 0. The molecule has 1 saturated heterocycles. The summed E-state index contributed by atoms with van der Waals surface area (Å²) in [7, 11) is 1.55. The molecule has 1 aliphatic rings. The Morgan fingerprint density at radius 1 is 1.19 bits per heavy atom. The number of nitrogens with zero attached hydrogens (tertiary/aromatic N) is 1. The van der Waals surface area contributed by atoms with E-state index in [2.05, 4.69) is 0 Å². The molecule has 0 saturated carbocycles. The van der Waals surface area contributed by atoms with Crippen molar-refractivity contribution in [2.45, 2.75) is 19.1 Å². The first-order valence-corrected chi connectivity index (χ1v) is 8.42. The number of hydrogen-bond donors (Lipinski definition) is 0. The molecule has 0 amide bonds. The molecule has 3 rings (SSSR count). The predicted octanol–water partition coefficient (Wildman–Crippen LogP) is 3.19. The van der Waals surface area contributed by atoms with Crippen LogP contribution in [0.2, 0.25) is 0 Å². The van der Waals surface area contributed by atoms with E-state index in [1.807, 2.05) is 0 Å². The minimum absolute atomic E-state index is 0.0161. The molecule has 1 aliphatic heterocycles. The summed E-state index contributed by atoms with van der Waals surface area (Å²) in [6.07, 6.45) is 0.110. The number of carbonyl (C=O) groups is 1. The number of ether oxygens (including phenoxy) is 4.